The van der Waals surface area contributed by atoms with Gasteiger partial charge in [0.1, 0.15) is 5.82 Å². The first-order valence-corrected chi connectivity index (χ1v) is 9.00. The van der Waals surface area contributed by atoms with E-state index < -0.39 is 0 Å². The minimum absolute atomic E-state index is 0.286. The number of hydrogen-bond acceptors (Lipinski definition) is 4. The first-order chi connectivity index (χ1) is 12.7. The van der Waals surface area contributed by atoms with Gasteiger partial charge in [0, 0.05) is 6.42 Å². The van der Waals surface area contributed by atoms with Crippen molar-refractivity contribution in [2.45, 2.75) is 6.42 Å². The smallest absolute Gasteiger partial charge is 0.267 e. The highest BCUT2D eigenvalue weighted by atomic mass is 32.1. The summed E-state index contributed by atoms with van der Waals surface area (Å²) >= 11 is 1.32. The monoisotopic (exact) mass is 361 g/mol. The molecule has 5 nitrogen and oxygen atoms in total. The van der Waals surface area contributed by atoms with Crippen molar-refractivity contribution < 1.29 is 4.79 Å². The molecule has 0 aliphatic carbocycles. The van der Waals surface area contributed by atoms with Gasteiger partial charge < -0.3 is 0 Å². The molecule has 1 N–H and O–H groups in total. The summed E-state index contributed by atoms with van der Waals surface area (Å²) in [5, 5.41) is 2.29. The van der Waals surface area contributed by atoms with E-state index in [0.717, 1.165) is 5.56 Å². The number of thiophene rings is 1. The molecule has 2 aromatic heterocycles. The summed E-state index contributed by atoms with van der Waals surface area (Å²) in [5.41, 5.74) is 4.04. The van der Waals surface area contributed by atoms with E-state index in [1.54, 1.807) is 30.3 Å². The summed E-state index contributed by atoms with van der Waals surface area (Å²) in [7, 11) is 0. The second kappa shape index (κ2) is 6.93. The molecule has 4 rings (SSSR count). The van der Waals surface area contributed by atoms with E-state index in [1.165, 1.54) is 16.0 Å². The highest BCUT2D eigenvalue weighted by Crippen LogP contribution is 2.13. The maximum Gasteiger partial charge on any atom is 0.280 e. The fourth-order valence-corrected chi connectivity index (χ4v) is 3.37. The highest BCUT2D eigenvalue weighted by molar-refractivity contribution is 7.12. The van der Waals surface area contributed by atoms with Crippen LogP contribution in [0.5, 0.6) is 0 Å². The summed E-state index contributed by atoms with van der Waals surface area (Å²) in [6, 6.07) is 20.4. The molecule has 2 aromatic carbocycles. The summed E-state index contributed by atoms with van der Waals surface area (Å²) in [6.45, 7) is 0. The number of nitrogens with one attached hydrogen (secondary N) is 1. The van der Waals surface area contributed by atoms with Gasteiger partial charge in [-0.25, -0.2) is 9.66 Å². The molecular formula is C20H15N3O2S. The van der Waals surface area contributed by atoms with Gasteiger partial charge in [-0.2, -0.15) is 0 Å². The number of aromatic nitrogens is 2. The molecule has 0 saturated heterocycles. The Bertz CT molecular complexity index is 1120. The molecule has 6 heteroatoms. The van der Waals surface area contributed by atoms with Crippen molar-refractivity contribution >= 4 is 28.1 Å². The number of hydrogen-bond donors (Lipinski definition) is 1. The van der Waals surface area contributed by atoms with E-state index in [1.807, 2.05) is 41.8 Å². The van der Waals surface area contributed by atoms with Crippen molar-refractivity contribution in [3.8, 4) is 0 Å². The van der Waals surface area contributed by atoms with E-state index in [9.17, 15) is 9.59 Å². The Morgan fingerprint density at radius 2 is 1.77 bits per heavy atom. The van der Waals surface area contributed by atoms with Crippen molar-refractivity contribution in [1.82, 2.24) is 9.66 Å². The number of rotatable bonds is 4. The first kappa shape index (κ1) is 16.2. The van der Waals surface area contributed by atoms with Crippen LogP contribution in [0.2, 0.25) is 0 Å². The van der Waals surface area contributed by atoms with Crippen LogP contribution < -0.4 is 11.0 Å². The van der Waals surface area contributed by atoms with Crippen molar-refractivity contribution in [3.63, 3.8) is 0 Å². The van der Waals surface area contributed by atoms with E-state index in [0.29, 0.717) is 28.0 Å². The van der Waals surface area contributed by atoms with Crippen LogP contribution in [0.25, 0.3) is 10.9 Å². The maximum atomic E-state index is 13.0. The predicted molar refractivity (Wildman–Crippen MR) is 103 cm³/mol. The zero-order valence-electron chi connectivity index (χ0n) is 13.8. The van der Waals surface area contributed by atoms with Gasteiger partial charge in [-0.3, -0.25) is 15.0 Å². The predicted octanol–water partition coefficient (Wildman–Crippen LogP) is 3.43. The van der Waals surface area contributed by atoms with Gasteiger partial charge in [0.25, 0.3) is 11.5 Å². The van der Waals surface area contributed by atoms with Crippen LogP contribution in [0.1, 0.15) is 21.1 Å². The lowest BCUT2D eigenvalue weighted by Crippen LogP contribution is -2.36. The van der Waals surface area contributed by atoms with Crippen LogP contribution in [-0.4, -0.2) is 15.6 Å². The van der Waals surface area contributed by atoms with E-state index in [4.69, 9.17) is 0 Å². The van der Waals surface area contributed by atoms with Crippen LogP contribution in [0.15, 0.2) is 76.9 Å². The van der Waals surface area contributed by atoms with Crippen LogP contribution in [0.3, 0.4) is 0 Å². The van der Waals surface area contributed by atoms with Gasteiger partial charge >= 0.3 is 0 Å². The van der Waals surface area contributed by atoms with Crippen molar-refractivity contribution in [3.05, 3.63) is 98.7 Å². The van der Waals surface area contributed by atoms with Crippen LogP contribution in [-0.2, 0) is 6.42 Å². The summed E-state index contributed by atoms with van der Waals surface area (Å²) in [4.78, 5) is 30.6. The lowest BCUT2D eigenvalue weighted by atomic mass is 10.1. The maximum absolute atomic E-state index is 13.0. The van der Waals surface area contributed by atoms with Gasteiger partial charge in [-0.05, 0) is 29.1 Å². The minimum atomic E-state index is -0.325. The fourth-order valence-electron chi connectivity index (χ4n) is 2.76. The molecule has 128 valence electrons. The molecule has 0 fully saturated rings. The molecule has 0 aliphatic heterocycles. The van der Waals surface area contributed by atoms with E-state index in [2.05, 4.69) is 10.4 Å². The molecule has 0 atom stereocenters. The molecule has 0 unspecified atom stereocenters. The topological polar surface area (TPSA) is 64.0 Å². The molecule has 0 aliphatic rings. The zero-order valence-corrected chi connectivity index (χ0v) is 14.6. The Kier molecular flexibility index (Phi) is 4.33. The third-order valence-electron chi connectivity index (χ3n) is 4.01. The number of nitrogens with zero attached hydrogens (tertiary/aromatic N) is 2. The molecule has 0 bridgehead atoms. The molecule has 4 aromatic rings. The first-order valence-electron chi connectivity index (χ1n) is 8.12. The molecule has 2 heterocycles. The molecular weight excluding hydrogens is 346 g/mol. The molecule has 26 heavy (non-hydrogen) atoms. The van der Waals surface area contributed by atoms with Crippen LogP contribution in [0.4, 0.5) is 0 Å². The minimum Gasteiger partial charge on any atom is -0.267 e. The zero-order chi connectivity index (χ0) is 17.9. The average molecular weight is 361 g/mol. The van der Waals surface area contributed by atoms with Crippen molar-refractivity contribution in [2.24, 2.45) is 0 Å². The van der Waals surface area contributed by atoms with Crippen LogP contribution >= 0.6 is 11.3 Å². The Labute approximate surface area is 153 Å². The standard InChI is InChI=1S/C20H15N3O2S/c24-19(17-11-6-12-26-17)22-23-18(13-14-7-2-1-3-8-14)21-16-10-5-4-9-15(16)20(23)25/h1-12H,13H2,(H,22,24). The summed E-state index contributed by atoms with van der Waals surface area (Å²) in [6.07, 6.45) is 0.436. The number of amides is 1. The van der Waals surface area contributed by atoms with Gasteiger partial charge in [-0.15, -0.1) is 11.3 Å². The number of carbonyl (C=O) groups is 1. The van der Waals surface area contributed by atoms with Gasteiger partial charge in [0.2, 0.25) is 0 Å². The largest absolute Gasteiger partial charge is 0.280 e. The van der Waals surface area contributed by atoms with E-state index >= 15 is 0 Å². The number of benzene rings is 2. The van der Waals surface area contributed by atoms with Gasteiger partial charge in [-0.1, -0.05) is 48.5 Å². The Hall–Kier alpha value is -3.25. The number of para-hydroxylation sites is 1. The summed E-state index contributed by atoms with van der Waals surface area (Å²) < 4.78 is 1.26. The highest BCUT2D eigenvalue weighted by Gasteiger charge is 2.15. The molecule has 1 amide bonds. The number of fused-ring (bicyclic) bond motifs is 1. The lowest BCUT2D eigenvalue weighted by Gasteiger charge is -2.14. The second-order valence-electron chi connectivity index (χ2n) is 5.77. The van der Waals surface area contributed by atoms with Crippen LogP contribution in [0, 0.1) is 0 Å². The number of carbonyl (C=O) groups excluding carboxylic acids is 1. The van der Waals surface area contributed by atoms with Gasteiger partial charge in [0.15, 0.2) is 0 Å². The van der Waals surface area contributed by atoms with E-state index in [-0.39, 0.29) is 11.5 Å². The molecule has 0 spiro atoms. The average Bonchev–Trinajstić information content (AvgIpc) is 3.20. The Morgan fingerprint density at radius 3 is 2.54 bits per heavy atom. The quantitative estimate of drug-likeness (QED) is 0.606. The molecule has 0 radical (unpaired) electrons. The fraction of sp³-hybridized carbons (Fsp3) is 0.0500. The Balaban J connectivity index is 1.82. The second-order valence-corrected chi connectivity index (χ2v) is 6.71. The Morgan fingerprint density at radius 1 is 1.00 bits per heavy atom. The summed E-state index contributed by atoms with van der Waals surface area (Å²) in [5.74, 6) is 0.165. The molecule has 0 saturated carbocycles. The lowest BCUT2D eigenvalue weighted by molar-refractivity contribution is 0.101. The van der Waals surface area contributed by atoms with Gasteiger partial charge in [0.05, 0.1) is 15.8 Å². The van der Waals surface area contributed by atoms with Crippen molar-refractivity contribution in [2.75, 3.05) is 5.43 Å². The van der Waals surface area contributed by atoms with Crippen molar-refractivity contribution in [1.29, 1.82) is 0 Å². The SMILES string of the molecule is O=C(Nn1c(Cc2ccccc2)nc2ccccc2c1=O)c1cccs1. The normalized spacial score (nSPS) is 10.8. The third kappa shape index (κ3) is 3.14. The third-order valence-corrected chi connectivity index (χ3v) is 4.88.